The highest BCUT2D eigenvalue weighted by atomic mass is 16.6. The fraction of sp³-hybridized carbons (Fsp3) is 0.150. The maximum atomic E-state index is 12.3. The maximum absolute atomic E-state index is 12.3. The minimum atomic E-state index is -0.711. The highest BCUT2D eigenvalue weighted by Crippen LogP contribution is 2.22. The van der Waals surface area contributed by atoms with Crippen molar-refractivity contribution in [2.24, 2.45) is 0 Å². The molecular formula is C20H17N5O3. The van der Waals surface area contributed by atoms with Gasteiger partial charge in [0.1, 0.15) is 0 Å². The Labute approximate surface area is 160 Å². The van der Waals surface area contributed by atoms with Crippen molar-refractivity contribution >= 4 is 5.97 Å². The number of nitrogens with zero attached hydrogens (tertiary/aromatic N) is 5. The lowest BCUT2D eigenvalue weighted by atomic mass is 10.2. The molecule has 0 aliphatic rings. The van der Waals surface area contributed by atoms with Crippen LogP contribution in [0.15, 0.2) is 71.3 Å². The second kappa shape index (κ2) is 7.83. The molecule has 140 valence electrons. The van der Waals surface area contributed by atoms with Gasteiger partial charge in [0.15, 0.2) is 11.8 Å². The van der Waals surface area contributed by atoms with Crippen molar-refractivity contribution in [1.82, 2.24) is 25.2 Å². The summed E-state index contributed by atoms with van der Waals surface area (Å²) < 4.78 is 12.6. The third-order valence-corrected chi connectivity index (χ3v) is 4.03. The van der Waals surface area contributed by atoms with Gasteiger partial charge in [0.2, 0.25) is 5.89 Å². The van der Waals surface area contributed by atoms with E-state index in [1.54, 1.807) is 17.8 Å². The van der Waals surface area contributed by atoms with Gasteiger partial charge in [0.05, 0.1) is 12.7 Å². The summed E-state index contributed by atoms with van der Waals surface area (Å²) in [6.07, 6.45) is 0.836. The van der Waals surface area contributed by atoms with Gasteiger partial charge in [-0.1, -0.05) is 53.7 Å². The van der Waals surface area contributed by atoms with Crippen molar-refractivity contribution in [2.45, 2.75) is 19.6 Å². The number of aromatic nitrogens is 5. The monoisotopic (exact) mass is 375 g/mol. The summed E-state index contributed by atoms with van der Waals surface area (Å²) in [7, 11) is 0. The van der Waals surface area contributed by atoms with E-state index < -0.39 is 12.1 Å². The molecule has 0 aliphatic heterocycles. The van der Waals surface area contributed by atoms with Crippen LogP contribution in [0.25, 0.3) is 11.5 Å². The van der Waals surface area contributed by atoms with E-state index in [9.17, 15) is 4.79 Å². The SMILES string of the molecule is CC(OC(=O)c1cn(Cc2ccccc2)nn1)c1nnc(-c2ccccc2)o1. The van der Waals surface area contributed by atoms with Gasteiger partial charge in [0, 0.05) is 5.56 Å². The van der Waals surface area contributed by atoms with E-state index in [0.717, 1.165) is 11.1 Å². The van der Waals surface area contributed by atoms with Gasteiger partial charge in [-0.3, -0.25) is 0 Å². The van der Waals surface area contributed by atoms with Gasteiger partial charge in [-0.2, -0.15) is 0 Å². The number of hydrogen-bond acceptors (Lipinski definition) is 7. The lowest BCUT2D eigenvalue weighted by Gasteiger charge is -2.07. The Hall–Kier alpha value is -3.81. The van der Waals surface area contributed by atoms with Gasteiger partial charge in [-0.15, -0.1) is 15.3 Å². The summed E-state index contributed by atoms with van der Waals surface area (Å²) in [5, 5.41) is 15.8. The molecule has 4 rings (SSSR count). The Balaban J connectivity index is 1.40. The van der Waals surface area contributed by atoms with E-state index in [4.69, 9.17) is 9.15 Å². The van der Waals surface area contributed by atoms with Crippen LogP contribution in [0, 0.1) is 0 Å². The number of esters is 1. The van der Waals surface area contributed by atoms with Crippen LogP contribution >= 0.6 is 0 Å². The number of carbonyl (C=O) groups excluding carboxylic acids is 1. The molecule has 28 heavy (non-hydrogen) atoms. The zero-order chi connectivity index (χ0) is 19.3. The molecule has 0 bridgehead atoms. The fourth-order valence-corrected chi connectivity index (χ4v) is 2.61. The third kappa shape index (κ3) is 3.96. The Morgan fingerprint density at radius 2 is 1.75 bits per heavy atom. The zero-order valence-corrected chi connectivity index (χ0v) is 15.1. The molecule has 1 atom stereocenters. The molecule has 0 aliphatic carbocycles. The quantitative estimate of drug-likeness (QED) is 0.477. The Bertz CT molecular complexity index is 1060. The zero-order valence-electron chi connectivity index (χ0n) is 15.1. The first kappa shape index (κ1) is 17.6. The van der Waals surface area contributed by atoms with Crippen LogP contribution in [-0.4, -0.2) is 31.2 Å². The Kier molecular flexibility index (Phi) is 4.92. The van der Waals surface area contributed by atoms with Gasteiger partial charge in [-0.25, -0.2) is 9.48 Å². The summed E-state index contributed by atoms with van der Waals surface area (Å²) in [5.74, 6) is -0.0255. The standard InChI is InChI=1S/C20H17N5O3/c1-14(18-22-23-19(28-18)16-10-6-3-7-11-16)27-20(26)17-13-25(24-21-17)12-15-8-4-2-5-9-15/h2-11,13-14H,12H2,1H3. The van der Waals surface area contributed by atoms with E-state index >= 15 is 0 Å². The molecule has 8 nitrogen and oxygen atoms in total. The second-order valence-corrected chi connectivity index (χ2v) is 6.15. The molecule has 0 saturated carbocycles. The molecule has 2 heterocycles. The van der Waals surface area contributed by atoms with Crippen LogP contribution in [0.3, 0.4) is 0 Å². The predicted octanol–water partition coefficient (Wildman–Crippen LogP) is 3.29. The van der Waals surface area contributed by atoms with Crippen LogP contribution in [-0.2, 0) is 11.3 Å². The van der Waals surface area contributed by atoms with Crippen molar-refractivity contribution in [3.63, 3.8) is 0 Å². The maximum Gasteiger partial charge on any atom is 0.361 e. The molecule has 2 aromatic carbocycles. The highest BCUT2D eigenvalue weighted by molar-refractivity contribution is 5.86. The Morgan fingerprint density at radius 3 is 2.50 bits per heavy atom. The summed E-state index contributed by atoms with van der Waals surface area (Å²) in [6.45, 7) is 2.18. The number of rotatable bonds is 6. The number of benzene rings is 2. The summed E-state index contributed by atoms with van der Waals surface area (Å²) in [5.41, 5.74) is 1.97. The van der Waals surface area contributed by atoms with E-state index in [0.29, 0.717) is 12.4 Å². The van der Waals surface area contributed by atoms with Gasteiger partial charge < -0.3 is 9.15 Å². The van der Waals surface area contributed by atoms with Crippen molar-refractivity contribution in [1.29, 1.82) is 0 Å². The van der Waals surface area contributed by atoms with E-state index in [2.05, 4.69) is 20.5 Å². The topological polar surface area (TPSA) is 95.9 Å². The van der Waals surface area contributed by atoms with Crippen molar-refractivity contribution in [3.05, 3.63) is 84.0 Å². The van der Waals surface area contributed by atoms with Gasteiger partial charge >= 0.3 is 5.97 Å². The minimum Gasteiger partial charge on any atom is -0.448 e. The van der Waals surface area contributed by atoms with Crippen LogP contribution < -0.4 is 0 Å². The number of ether oxygens (including phenoxy) is 1. The molecule has 2 aromatic heterocycles. The number of carbonyl (C=O) groups is 1. The molecular weight excluding hydrogens is 358 g/mol. The molecule has 0 N–H and O–H groups in total. The summed E-state index contributed by atoms with van der Waals surface area (Å²) in [6, 6.07) is 19.1. The third-order valence-electron chi connectivity index (χ3n) is 4.03. The molecule has 0 spiro atoms. The van der Waals surface area contributed by atoms with E-state index in [1.165, 1.54) is 0 Å². The average Bonchev–Trinajstić information content (AvgIpc) is 3.39. The molecule has 0 fully saturated rings. The molecule has 0 radical (unpaired) electrons. The lowest BCUT2D eigenvalue weighted by Crippen LogP contribution is -2.10. The second-order valence-electron chi connectivity index (χ2n) is 6.15. The molecule has 4 aromatic rings. The first-order chi connectivity index (χ1) is 13.7. The van der Waals surface area contributed by atoms with Crippen molar-refractivity contribution in [2.75, 3.05) is 0 Å². The first-order valence-electron chi connectivity index (χ1n) is 8.73. The summed E-state index contributed by atoms with van der Waals surface area (Å²) >= 11 is 0. The molecule has 8 heteroatoms. The van der Waals surface area contributed by atoms with Crippen LogP contribution in [0.1, 0.15) is 35.0 Å². The van der Waals surface area contributed by atoms with Crippen LogP contribution in [0.2, 0.25) is 0 Å². The van der Waals surface area contributed by atoms with Crippen LogP contribution in [0.4, 0.5) is 0 Å². The lowest BCUT2D eigenvalue weighted by molar-refractivity contribution is 0.0273. The van der Waals surface area contributed by atoms with Crippen LogP contribution in [0.5, 0.6) is 0 Å². The predicted molar refractivity (Wildman–Crippen MR) is 99.1 cm³/mol. The van der Waals surface area contributed by atoms with Gasteiger partial charge in [-0.05, 0) is 24.6 Å². The molecule has 1 unspecified atom stereocenters. The highest BCUT2D eigenvalue weighted by Gasteiger charge is 2.21. The fourth-order valence-electron chi connectivity index (χ4n) is 2.61. The summed E-state index contributed by atoms with van der Waals surface area (Å²) in [4.78, 5) is 12.3. The normalized spacial score (nSPS) is 11.9. The number of hydrogen-bond donors (Lipinski definition) is 0. The Morgan fingerprint density at radius 1 is 1.04 bits per heavy atom. The van der Waals surface area contributed by atoms with E-state index in [1.807, 2.05) is 60.7 Å². The minimum absolute atomic E-state index is 0.116. The molecule has 0 saturated heterocycles. The van der Waals surface area contributed by atoms with Crippen molar-refractivity contribution < 1.29 is 13.9 Å². The largest absolute Gasteiger partial charge is 0.448 e. The van der Waals surface area contributed by atoms with E-state index in [-0.39, 0.29) is 11.6 Å². The smallest absolute Gasteiger partial charge is 0.361 e. The first-order valence-corrected chi connectivity index (χ1v) is 8.73. The van der Waals surface area contributed by atoms with Gasteiger partial charge in [0.25, 0.3) is 5.89 Å². The van der Waals surface area contributed by atoms with Crippen molar-refractivity contribution in [3.8, 4) is 11.5 Å². The average molecular weight is 375 g/mol. The molecule has 0 amide bonds.